The van der Waals surface area contributed by atoms with Gasteiger partial charge < -0.3 is 5.32 Å². The lowest BCUT2D eigenvalue weighted by atomic mass is 9.54. The fraction of sp³-hybridized carbons (Fsp3) is 0.240. The van der Waals surface area contributed by atoms with E-state index < -0.39 is 0 Å². The first-order valence-electron chi connectivity index (χ1n) is 9.71. The Morgan fingerprint density at radius 1 is 0.741 bits per heavy atom. The third-order valence-electron chi connectivity index (χ3n) is 6.49. The first-order chi connectivity index (χ1) is 13.2. The minimum atomic E-state index is -0.0561. The number of rotatable bonds is 2. The Balaban J connectivity index is 1.61. The van der Waals surface area contributed by atoms with Crippen molar-refractivity contribution in [1.82, 2.24) is 0 Å². The largest absolute Gasteiger partial charge is 0.326 e. The monoisotopic (exact) mass is 353 g/mol. The SMILES string of the molecule is Cc1ccccc1NC(=O)[C@H]1C2c3ccccc3C(c3ccccc32)[C@H]1C. The molecule has 3 aliphatic carbocycles. The van der Waals surface area contributed by atoms with E-state index in [-0.39, 0.29) is 29.6 Å². The third-order valence-corrected chi connectivity index (χ3v) is 6.49. The zero-order valence-corrected chi connectivity index (χ0v) is 15.6. The number of hydrogen-bond donors (Lipinski definition) is 1. The summed E-state index contributed by atoms with van der Waals surface area (Å²) in [5.74, 6) is 0.760. The molecule has 2 heteroatoms. The minimum Gasteiger partial charge on any atom is -0.326 e. The van der Waals surface area contributed by atoms with Crippen molar-refractivity contribution >= 4 is 11.6 Å². The molecule has 3 aromatic carbocycles. The zero-order chi connectivity index (χ0) is 18.5. The fourth-order valence-electron chi connectivity index (χ4n) is 5.27. The van der Waals surface area contributed by atoms with Crippen LogP contribution >= 0.6 is 0 Å². The van der Waals surface area contributed by atoms with Gasteiger partial charge in [-0.15, -0.1) is 0 Å². The summed E-state index contributed by atoms with van der Waals surface area (Å²) >= 11 is 0. The third kappa shape index (κ3) is 2.36. The summed E-state index contributed by atoms with van der Waals surface area (Å²) in [6.45, 7) is 4.28. The standard InChI is InChI=1S/C25H23NO/c1-15-9-3-8-14-21(15)26-25(27)23-16(2)22-17-10-4-6-12-19(17)24(23)20-13-7-5-11-18(20)22/h3-14,16,22-24H,1-2H3,(H,26,27)/t16-,22?,23-,24?/m1/s1. The number of anilines is 1. The smallest absolute Gasteiger partial charge is 0.228 e. The summed E-state index contributed by atoms with van der Waals surface area (Å²) in [6.07, 6.45) is 0. The molecule has 3 aliphatic rings. The molecule has 0 aliphatic heterocycles. The number of fused-ring (bicyclic) bond motifs is 1. The number of para-hydroxylation sites is 1. The number of nitrogens with one attached hydrogen (secondary N) is 1. The van der Waals surface area contributed by atoms with Gasteiger partial charge in [-0.3, -0.25) is 4.79 Å². The van der Waals surface area contributed by atoms with Crippen LogP contribution in [0.5, 0.6) is 0 Å². The molecular weight excluding hydrogens is 330 g/mol. The quantitative estimate of drug-likeness (QED) is 0.650. The second-order valence-electron chi connectivity index (χ2n) is 7.90. The highest BCUT2D eigenvalue weighted by Crippen LogP contribution is 2.58. The van der Waals surface area contributed by atoms with E-state index in [4.69, 9.17) is 0 Å². The second-order valence-corrected chi connectivity index (χ2v) is 7.90. The molecule has 0 spiro atoms. The van der Waals surface area contributed by atoms with E-state index >= 15 is 0 Å². The Kier molecular flexibility index (Phi) is 3.68. The van der Waals surface area contributed by atoms with Gasteiger partial charge in [-0.2, -0.15) is 0 Å². The molecule has 0 saturated carbocycles. The summed E-state index contributed by atoms with van der Waals surface area (Å²) < 4.78 is 0. The Labute approximate surface area is 160 Å². The van der Waals surface area contributed by atoms with E-state index in [2.05, 4.69) is 60.8 Å². The van der Waals surface area contributed by atoms with Gasteiger partial charge in [0.05, 0.1) is 5.92 Å². The van der Waals surface area contributed by atoms with Crippen LogP contribution in [0.4, 0.5) is 5.69 Å². The fourth-order valence-corrected chi connectivity index (χ4v) is 5.27. The van der Waals surface area contributed by atoms with Crippen molar-refractivity contribution in [2.24, 2.45) is 11.8 Å². The average Bonchev–Trinajstić information content (AvgIpc) is 2.69. The van der Waals surface area contributed by atoms with Crippen molar-refractivity contribution in [3.8, 4) is 0 Å². The lowest BCUT2D eigenvalue weighted by molar-refractivity contribution is -0.122. The first kappa shape index (κ1) is 16.3. The van der Waals surface area contributed by atoms with Crippen LogP contribution in [-0.4, -0.2) is 5.91 Å². The molecular formula is C25H23NO. The van der Waals surface area contributed by atoms with Crippen LogP contribution in [0.3, 0.4) is 0 Å². The molecule has 2 bridgehead atoms. The van der Waals surface area contributed by atoms with Gasteiger partial charge in [-0.05, 0) is 46.7 Å². The lowest BCUT2D eigenvalue weighted by Gasteiger charge is -2.49. The van der Waals surface area contributed by atoms with Crippen molar-refractivity contribution < 1.29 is 4.79 Å². The molecule has 2 atom stereocenters. The van der Waals surface area contributed by atoms with Gasteiger partial charge in [0.25, 0.3) is 0 Å². The van der Waals surface area contributed by atoms with Gasteiger partial charge in [0.15, 0.2) is 0 Å². The van der Waals surface area contributed by atoms with Crippen molar-refractivity contribution in [3.63, 3.8) is 0 Å². The van der Waals surface area contributed by atoms with E-state index in [0.29, 0.717) is 0 Å². The second kappa shape index (κ2) is 6.09. The number of carbonyl (C=O) groups excluding carboxylic acids is 1. The van der Waals surface area contributed by atoms with Crippen LogP contribution in [-0.2, 0) is 4.79 Å². The normalized spacial score (nSPS) is 24.8. The summed E-state index contributed by atoms with van der Waals surface area (Å²) in [7, 11) is 0. The highest BCUT2D eigenvalue weighted by molar-refractivity contribution is 5.95. The Morgan fingerprint density at radius 3 is 1.78 bits per heavy atom. The number of carbonyl (C=O) groups is 1. The van der Waals surface area contributed by atoms with E-state index in [1.807, 2.05) is 31.2 Å². The maximum atomic E-state index is 13.4. The summed E-state index contributed by atoms with van der Waals surface area (Å²) in [6, 6.07) is 25.4. The predicted molar refractivity (Wildman–Crippen MR) is 109 cm³/mol. The van der Waals surface area contributed by atoms with Gasteiger partial charge in [0, 0.05) is 17.5 Å². The Morgan fingerprint density at radius 2 is 1.22 bits per heavy atom. The Hall–Kier alpha value is -2.87. The van der Waals surface area contributed by atoms with Crippen molar-refractivity contribution in [2.75, 3.05) is 5.32 Å². The van der Waals surface area contributed by atoms with Crippen LogP contribution in [0.25, 0.3) is 0 Å². The maximum absolute atomic E-state index is 13.4. The van der Waals surface area contributed by atoms with Crippen LogP contribution in [0.15, 0.2) is 72.8 Å². The highest BCUT2D eigenvalue weighted by atomic mass is 16.1. The zero-order valence-electron chi connectivity index (χ0n) is 15.6. The Bertz CT molecular complexity index is 990. The number of aryl methyl sites for hydroxylation is 1. The molecule has 0 unspecified atom stereocenters. The molecule has 0 saturated heterocycles. The molecule has 3 aromatic rings. The van der Waals surface area contributed by atoms with E-state index in [0.717, 1.165) is 11.3 Å². The molecule has 27 heavy (non-hydrogen) atoms. The van der Waals surface area contributed by atoms with Crippen molar-refractivity contribution in [2.45, 2.75) is 25.7 Å². The molecule has 134 valence electrons. The van der Waals surface area contributed by atoms with Gasteiger partial charge in [0.1, 0.15) is 0 Å². The van der Waals surface area contributed by atoms with Gasteiger partial charge >= 0.3 is 0 Å². The highest BCUT2D eigenvalue weighted by Gasteiger charge is 2.50. The van der Waals surface area contributed by atoms with Crippen LogP contribution in [0.2, 0.25) is 0 Å². The number of hydrogen-bond acceptors (Lipinski definition) is 1. The summed E-state index contributed by atoms with van der Waals surface area (Å²) in [5.41, 5.74) is 7.45. The van der Waals surface area contributed by atoms with E-state index in [1.165, 1.54) is 22.3 Å². The van der Waals surface area contributed by atoms with E-state index in [1.54, 1.807) is 0 Å². The van der Waals surface area contributed by atoms with Crippen molar-refractivity contribution in [3.05, 3.63) is 101 Å². The topological polar surface area (TPSA) is 29.1 Å². The van der Waals surface area contributed by atoms with Crippen LogP contribution in [0, 0.1) is 18.8 Å². The van der Waals surface area contributed by atoms with Gasteiger partial charge in [0.2, 0.25) is 5.91 Å². The van der Waals surface area contributed by atoms with E-state index in [9.17, 15) is 4.79 Å². The molecule has 0 fully saturated rings. The van der Waals surface area contributed by atoms with Gasteiger partial charge in [-0.1, -0.05) is 73.7 Å². The number of benzene rings is 3. The van der Waals surface area contributed by atoms with Gasteiger partial charge in [-0.25, -0.2) is 0 Å². The molecule has 0 aromatic heterocycles. The van der Waals surface area contributed by atoms with Crippen molar-refractivity contribution in [1.29, 1.82) is 0 Å². The maximum Gasteiger partial charge on any atom is 0.228 e. The molecule has 0 heterocycles. The summed E-state index contributed by atoms with van der Waals surface area (Å²) in [5, 5.41) is 3.22. The van der Waals surface area contributed by atoms with Crippen LogP contribution < -0.4 is 5.32 Å². The molecule has 2 nitrogen and oxygen atoms in total. The molecule has 6 rings (SSSR count). The summed E-state index contributed by atoms with van der Waals surface area (Å²) in [4.78, 5) is 13.4. The molecule has 1 amide bonds. The minimum absolute atomic E-state index is 0.0561. The predicted octanol–water partition coefficient (Wildman–Crippen LogP) is 5.48. The molecule has 1 N–H and O–H groups in total. The van der Waals surface area contributed by atoms with Crippen LogP contribution in [0.1, 0.15) is 46.6 Å². The lowest BCUT2D eigenvalue weighted by Crippen LogP contribution is -2.44. The number of amides is 1. The first-order valence-corrected chi connectivity index (χ1v) is 9.71. The average molecular weight is 353 g/mol. The molecule has 0 radical (unpaired) electrons.